The molecule has 2 heteroatoms. The molecule has 1 saturated heterocycles. The maximum absolute atomic E-state index is 11.9. The van der Waals surface area contributed by atoms with Crippen molar-refractivity contribution in [2.75, 3.05) is 13.1 Å². The molecule has 0 aromatic heterocycles. The summed E-state index contributed by atoms with van der Waals surface area (Å²) in [5.74, 6) is 1.48. The van der Waals surface area contributed by atoms with Gasteiger partial charge in [-0.2, -0.15) is 0 Å². The summed E-state index contributed by atoms with van der Waals surface area (Å²) in [6.45, 7) is 2.10. The maximum Gasteiger partial charge on any atom is 0.163 e. The fraction of sp³-hybridized carbons (Fsp3) is 0.462. The molecule has 1 aromatic rings. The fourth-order valence-corrected chi connectivity index (χ4v) is 2.94. The minimum atomic E-state index is 0.341. The first-order chi connectivity index (χ1) is 7.36. The van der Waals surface area contributed by atoms with E-state index >= 15 is 0 Å². The zero-order chi connectivity index (χ0) is 10.3. The predicted molar refractivity (Wildman–Crippen MR) is 59.1 cm³/mol. The molecule has 2 nitrogen and oxygen atoms in total. The van der Waals surface area contributed by atoms with Crippen LogP contribution < -0.4 is 5.32 Å². The molecule has 0 spiro atoms. The van der Waals surface area contributed by atoms with Crippen LogP contribution in [-0.2, 0) is 0 Å². The highest BCUT2D eigenvalue weighted by atomic mass is 16.1. The zero-order valence-corrected chi connectivity index (χ0v) is 8.70. The van der Waals surface area contributed by atoms with Gasteiger partial charge in [0.25, 0.3) is 0 Å². The lowest BCUT2D eigenvalue weighted by molar-refractivity contribution is 0.0924. The van der Waals surface area contributed by atoms with Crippen LogP contribution in [-0.4, -0.2) is 18.9 Å². The molecular formula is C13H15NO. The Kier molecular flexibility index (Phi) is 2.10. The van der Waals surface area contributed by atoms with Gasteiger partial charge in [-0.15, -0.1) is 0 Å². The summed E-state index contributed by atoms with van der Waals surface area (Å²) in [4.78, 5) is 11.9. The zero-order valence-electron chi connectivity index (χ0n) is 8.70. The van der Waals surface area contributed by atoms with Crippen LogP contribution in [0.5, 0.6) is 0 Å². The lowest BCUT2D eigenvalue weighted by atomic mass is 9.72. The Morgan fingerprint density at radius 1 is 1.27 bits per heavy atom. The number of hydrogen-bond acceptors (Lipinski definition) is 2. The van der Waals surface area contributed by atoms with E-state index in [0.29, 0.717) is 17.6 Å². The topological polar surface area (TPSA) is 29.1 Å². The van der Waals surface area contributed by atoms with E-state index in [1.54, 1.807) is 0 Å². The van der Waals surface area contributed by atoms with Gasteiger partial charge in [-0.1, -0.05) is 24.3 Å². The minimum absolute atomic E-state index is 0.341. The highest BCUT2D eigenvalue weighted by Crippen LogP contribution is 2.38. The van der Waals surface area contributed by atoms with Gasteiger partial charge in [0.1, 0.15) is 0 Å². The normalized spacial score (nSPS) is 29.5. The fourth-order valence-electron chi connectivity index (χ4n) is 2.94. The van der Waals surface area contributed by atoms with Gasteiger partial charge in [0.2, 0.25) is 0 Å². The molecule has 2 aliphatic rings. The van der Waals surface area contributed by atoms with Crippen molar-refractivity contribution in [1.29, 1.82) is 0 Å². The number of carbonyl (C=O) groups is 1. The van der Waals surface area contributed by atoms with Crippen molar-refractivity contribution in [3.05, 3.63) is 35.4 Å². The molecule has 3 rings (SSSR count). The Morgan fingerprint density at radius 3 is 3.07 bits per heavy atom. The van der Waals surface area contributed by atoms with E-state index in [9.17, 15) is 4.79 Å². The molecular weight excluding hydrogens is 186 g/mol. The molecule has 0 bridgehead atoms. The highest BCUT2D eigenvalue weighted by molar-refractivity contribution is 5.99. The van der Waals surface area contributed by atoms with Gasteiger partial charge in [0, 0.05) is 24.4 Å². The van der Waals surface area contributed by atoms with Crippen LogP contribution in [0.1, 0.15) is 34.7 Å². The lowest BCUT2D eigenvalue weighted by Crippen LogP contribution is -2.39. The summed E-state index contributed by atoms with van der Waals surface area (Å²) in [5, 5.41) is 3.43. The van der Waals surface area contributed by atoms with Crippen LogP contribution in [0.15, 0.2) is 24.3 Å². The molecule has 78 valence electrons. The van der Waals surface area contributed by atoms with Gasteiger partial charge in [-0.3, -0.25) is 4.79 Å². The standard InChI is InChI=1S/C13H15NO/c15-13-7-9-5-6-14-8-12(9)10-3-1-2-4-11(10)13/h1-4,9,12,14H,5-8H2. The molecule has 0 saturated carbocycles. The summed E-state index contributed by atoms with van der Waals surface area (Å²) in [7, 11) is 0. The molecule has 0 amide bonds. The lowest BCUT2D eigenvalue weighted by Gasteiger charge is -2.36. The number of rotatable bonds is 0. The van der Waals surface area contributed by atoms with E-state index in [4.69, 9.17) is 0 Å². The molecule has 2 atom stereocenters. The van der Waals surface area contributed by atoms with Gasteiger partial charge >= 0.3 is 0 Å². The number of benzene rings is 1. The van der Waals surface area contributed by atoms with Crippen LogP contribution in [0.3, 0.4) is 0 Å². The van der Waals surface area contributed by atoms with E-state index < -0.39 is 0 Å². The Balaban J connectivity index is 2.07. The summed E-state index contributed by atoms with van der Waals surface area (Å²) in [5.41, 5.74) is 2.23. The highest BCUT2D eigenvalue weighted by Gasteiger charge is 2.34. The van der Waals surface area contributed by atoms with Gasteiger partial charge in [-0.05, 0) is 24.4 Å². The molecule has 0 radical (unpaired) electrons. The Bertz CT molecular complexity index is 399. The van der Waals surface area contributed by atoms with Crippen molar-refractivity contribution in [3.63, 3.8) is 0 Å². The van der Waals surface area contributed by atoms with Crippen molar-refractivity contribution >= 4 is 5.78 Å². The second-order valence-electron chi connectivity index (χ2n) is 4.57. The number of ketones is 1. The first-order valence-corrected chi connectivity index (χ1v) is 5.69. The molecule has 1 heterocycles. The van der Waals surface area contributed by atoms with Gasteiger partial charge in [0.15, 0.2) is 5.78 Å². The van der Waals surface area contributed by atoms with Crippen molar-refractivity contribution in [2.45, 2.75) is 18.8 Å². The van der Waals surface area contributed by atoms with Crippen LogP contribution in [0.25, 0.3) is 0 Å². The van der Waals surface area contributed by atoms with Gasteiger partial charge in [-0.25, -0.2) is 0 Å². The third-order valence-electron chi connectivity index (χ3n) is 3.73. The number of hydrogen-bond donors (Lipinski definition) is 1. The van der Waals surface area contributed by atoms with Crippen LogP contribution >= 0.6 is 0 Å². The SMILES string of the molecule is O=C1CC2CCNCC2c2ccccc21. The third-order valence-corrected chi connectivity index (χ3v) is 3.73. The number of carbonyl (C=O) groups excluding carboxylic acids is 1. The Labute approximate surface area is 89.7 Å². The molecule has 1 fully saturated rings. The quantitative estimate of drug-likeness (QED) is 0.695. The number of Topliss-reactive ketones (excluding diaryl/α,β-unsaturated/α-hetero) is 1. The van der Waals surface area contributed by atoms with Crippen molar-refractivity contribution in [1.82, 2.24) is 5.32 Å². The van der Waals surface area contributed by atoms with E-state index in [1.807, 2.05) is 18.2 Å². The first kappa shape index (κ1) is 9.10. The average molecular weight is 201 g/mol. The largest absolute Gasteiger partial charge is 0.316 e. The Hall–Kier alpha value is -1.15. The van der Waals surface area contributed by atoms with Crippen molar-refractivity contribution in [3.8, 4) is 0 Å². The van der Waals surface area contributed by atoms with Crippen molar-refractivity contribution < 1.29 is 4.79 Å². The molecule has 2 unspecified atom stereocenters. The predicted octanol–water partition coefficient (Wildman–Crippen LogP) is 1.97. The van der Waals surface area contributed by atoms with Crippen LogP contribution in [0.2, 0.25) is 0 Å². The van der Waals surface area contributed by atoms with E-state index in [0.717, 1.165) is 31.5 Å². The second-order valence-corrected chi connectivity index (χ2v) is 4.57. The summed E-state index contributed by atoms with van der Waals surface area (Å²) < 4.78 is 0. The van der Waals surface area contributed by atoms with Crippen LogP contribution in [0, 0.1) is 5.92 Å². The van der Waals surface area contributed by atoms with E-state index in [-0.39, 0.29) is 0 Å². The summed E-state index contributed by atoms with van der Waals surface area (Å²) in [6, 6.07) is 8.11. The Morgan fingerprint density at radius 2 is 2.13 bits per heavy atom. The van der Waals surface area contributed by atoms with Crippen molar-refractivity contribution in [2.24, 2.45) is 5.92 Å². The third kappa shape index (κ3) is 1.40. The summed E-state index contributed by atoms with van der Waals surface area (Å²) in [6.07, 6.45) is 1.90. The molecule has 1 aliphatic carbocycles. The summed E-state index contributed by atoms with van der Waals surface area (Å²) >= 11 is 0. The molecule has 15 heavy (non-hydrogen) atoms. The van der Waals surface area contributed by atoms with E-state index in [2.05, 4.69) is 11.4 Å². The smallest absolute Gasteiger partial charge is 0.163 e. The number of piperidine rings is 1. The minimum Gasteiger partial charge on any atom is -0.316 e. The molecule has 1 aliphatic heterocycles. The van der Waals surface area contributed by atoms with E-state index in [1.165, 1.54) is 5.56 Å². The van der Waals surface area contributed by atoms with Gasteiger partial charge in [0.05, 0.1) is 0 Å². The maximum atomic E-state index is 11.9. The molecule has 1 N–H and O–H groups in total. The van der Waals surface area contributed by atoms with Crippen LogP contribution in [0.4, 0.5) is 0 Å². The average Bonchev–Trinajstić information content (AvgIpc) is 2.30. The second kappa shape index (κ2) is 3.46. The monoisotopic (exact) mass is 201 g/mol. The number of fused-ring (bicyclic) bond motifs is 3. The first-order valence-electron chi connectivity index (χ1n) is 5.69. The van der Waals surface area contributed by atoms with Gasteiger partial charge < -0.3 is 5.32 Å². The number of nitrogens with one attached hydrogen (secondary N) is 1. The molecule has 1 aromatic carbocycles.